The van der Waals surface area contributed by atoms with Crippen LogP contribution in [-0.4, -0.2) is 17.1 Å². The summed E-state index contributed by atoms with van der Waals surface area (Å²) in [5, 5.41) is 9.12. The summed E-state index contributed by atoms with van der Waals surface area (Å²) in [6.45, 7) is 1.90. The lowest BCUT2D eigenvalue weighted by atomic mass is 10.1. The van der Waals surface area contributed by atoms with Crippen LogP contribution in [0.2, 0.25) is 0 Å². The summed E-state index contributed by atoms with van der Waals surface area (Å²) >= 11 is 0. The monoisotopic (exact) mass is 245 g/mol. The second kappa shape index (κ2) is 5.06. The Kier molecular flexibility index (Phi) is 3.48. The number of nitrogens with two attached hydrogens (primary N) is 1. The molecule has 0 saturated carbocycles. The molecule has 2 aromatic rings. The van der Waals surface area contributed by atoms with E-state index in [2.05, 4.69) is 0 Å². The van der Waals surface area contributed by atoms with E-state index in [4.69, 9.17) is 15.3 Å². The number of carbonyl (C=O) groups is 1. The van der Waals surface area contributed by atoms with Crippen molar-refractivity contribution in [2.45, 2.75) is 19.4 Å². The van der Waals surface area contributed by atoms with E-state index in [9.17, 15) is 4.79 Å². The molecule has 1 heterocycles. The molecule has 0 aliphatic heterocycles. The highest BCUT2D eigenvalue weighted by atomic mass is 16.4. The third-order valence-corrected chi connectivity index (χ3v) is 2.61. The van der Waals surface area contributed by atoms with E-state index in [1.807, 2.05) is 13.0 Å². The molecule has 0 spiro atoms. The first-order valence-electron chi connectivity index (χ1n) is 5.75. The molecule has 0 fully saturated rings. The Balaban J connectivity index is 2.37. The average Bonchev–Trinajstić information content (AvgIpc) is 2.76. The Hall–Kier alpha value is -2.07. The topological polar surface area (TPSA) is 76.5 Å². The maximum atomic E-state index is 11.1. The van der Waals surface area contributed by atoms with Gasteiger partial charge in [-0.2, -0.15) is 0 Å². The maximum Gasteiger partial charge on any atom is 0.336 e. The minimum Gasteiger partial charge on any atom is -0.478 e. The fraction of sp³-hybridized carbons (Fsp3) is 0.214. The molecular weight excluding hydrogens is 230 g/mol. The zero-order valence-corrected chi connectivity index (χ0v) is 10.1. The summed E-state index contributed by atoms with van der Waals surface area (Å²) in [6.07, 6.45) is 0.634. The van der Waals surface area contributed by atoms with Crippen LogP contribution in [0.1, 0.15) is 23.0 Å². The van der Waals surface area contributed by atoms with Crippen LogP contribution >= 0.6 is 0 Å². The van der Waals surface area contributed by atoms with Crippen molar-refractivity contribution in [3.05, 3.63) is 47.7 Å². The lowest BCUT2D eigenvalue weighted by Crippen LogP contribution is -2.17. The van der Waals surface area contributed by atoms with Gasteiger partial charge in [-0.15, -0.1) is 0 Å². The second-order valence-electron chi connectivity index (χ2n) is 4.30. The molecule has 4 nitrogen and oxygen atoms in total. The van der Waals surface area contributed by atoms with E-state index in [1.54, 1.807) is 30.3 Å². The fourth-order valence-corrected chi connectivity index (χ4v) is 1.83. The van der Waals surface area contributed by atoms with Gasteiger partial charge in [0.05, 0.1) is 5.56 Å². The van der Waals surface area contributed by atoms with Gasteiger partial charge in [0, 0.05) is 18.0 Å². The van der Waals surface area contributed by atoms with Gasteiger partial charge in [-0.25, -0.2) is 4.79 Å². The second-order valence-corrected chi connectivity index (χ2v) is 4.30. The molecule has 1 unspecified atom stereocenters. The molecule has 0 radical (unpaired) electrons. The van der Waals surface area contributed by atoms with Crippen LogP contribution in [0.15, 0.2) is 40.8 Å². The minimum atomic E-state index is -0.962. The van der Waals surface area contributed by atoms with Crippen molar-refractivity contribution >= 4 is 5.97 Å². The first-order valence-corrected chi connectivity index (χ1v) is 5.75. The van der Waals surface area contributed by atoms with E-state index in [-0.39, 0.29) is 11.6 Å². The van der Waals surface area contributed by atoms with Crippen molar-refractivity contribution in [2.75, 3.05) is 0 Å². The van der Waals surface area contributed by atoms with E-state index >= 15 is 0 Å². The molecule has 0 bridgehead atoms. The SMILES string of the molecule is CC(N)Cc1ccc(-c2ccccc2C(=O)O)o1. The van der Waals surface area contributed by atoms with Gasteiger partial charge >= 0.3 is 5.97 Å². The number of carboxylic acids is 1. The molecular formula is C14H15NO3. The number of aromatic carboxylic acids is 1. The molecule has 18 heavy (non-hydrogen) atoms. The quantitative estimate of drug-likeness (QED) is 0.867. The largest absolute Gasteiger partial charge is 0.478 e. The van der Waals surface area contributed by atoms with E-state index in [0.717, 1.165) is 5.76 Å². The van der Waals surface area contributed by atoms with Gasteiger partial charge in [0.25, 0.3) is 0 Å². The van der Waals surface area contributed by atoms with Gasteiger partial charge in [-0.05, 0) is 25.1 Å². The number of benzene rings is 1. The minimum absolute atomic E-state index is 0.0127. The van der Waals surface area contributed by atoms with Crippen molar-refractivity contribution in [1.82, 2.24) is 0 Å². The van der Waals surface area contributed by atoms with Gasteiger partial charge in [0.1, 0.15) is 11.5 Å². The number of carboxylic acid groups (broad SMARTS) is 1. The van der Waals surface area contributed by atoms with Crippen molar-refractivity contribution in [1.29, 1.82) is 0 Å². The van der Waals surface area contributed by atoms with Crippen molar-refractivity contribution in [2.24, 2.45) is 5.73 Å². The average molecular weight is 245 g/mol. The molecule has 3 N–H and O–H groups in total. The molecule has 1 aromatic heterocycles. The smallest absolute Gasteiger partial charge is 0.336 e. The summed E-state index contributed by atoms with van der Waals surface area (Å²) in [6, 6.07) is 10.4. The molecule has 1 aromatic carbocycles. The maximum absolute atomic E-state index is 11.1. The molecule has 0 aliphatic carbocycles. The third kappa shape index (κ3) is 2.60. The van der Waals surface area contributed by atoms with Gasteiger partial charge in [-0.3, -0.25) is 0 Å². The Morgan fingerprint density at radius 1 is 1.33 bits per heavy atom. The Labute approximate surface area is 105 Å². The van der Waals surface area contributed by atoms with Crippen LogP contribution in [-0.2, 0) is 6.42 Å². The number of hydrogen-bond acceptors (Lipinski definition) is 3. The van der Waals surface area contributed by atoms with Crippen LogP contribution in [0.4, 0.5) is 0 Å². The molecule has 94 valence electrons. The molecule has 0 aliphatic rings. The third-order valence-electron chi connectivity index (χ3n) is 2.61. The highest BCUT2D eigenvalue weighted by molar-refractivity contribution is 5.95. The Bertz CT molecular complexity index is 558. The van der Waals surface area contributed by atoms with Crippen LogP contribution in [0.3, 0.4) is 0 Å². The zero-order chi connectivity index (χ0) is 13.1. The summed E-state index contributed by atoms with van der Waals surface area (Å²) in [5.41, 5.74) is 6.52. The van der Waals surface area contributed by atoms with Gasteiger partial charge < -0.3 is 15.3 Å². The lowest BCUT2D eigenvalue weighted by Gasteiger charge is -2.03. The Morgan fingerprint density at radius 2 is 2.06 bits per heavy atom. The van der Waals surface area contributed by atoms with E-state index in [0.29, 0.717) is 17.7 Å². The molecule has 2 rings (SSSR count). The molecule has 0 amide bonds. The molecule has 1 atom stereocenters. The van der Waals surface area contributed by atoms with Gasteiger partial charge in [-0.1, -0.05) is 18.2 Å². The van der Waals surface area contributed by atoms with Crippen LogP contribution < -0.4 is 5.73 Å². The van der Waals surface area contributed by atoms with Crippen LogP contribution in [0.5, 0.6) is 0 Å². The highest BCUT2D eigenvalue weighted by Crippen LogP contribution is 2.26. The number of hydrogen-bond donors (Lipinski definition) is 2. The first-order chi connectivity index (χ1) is 8.58. The number of furan rings is 1. The van der Waals surface area contributed by atoms with E-state index in [1.165, 1.54) is 0 Å². The summed E-state index contributed by atoms with van der Waals surface area (Å²) in [7, 11) is 0. The van der Waals surface area contributed by atoms with Crippen LogP contribution in [0, 0.1) is 0 Å². The summed E-state index contributed by atoms with van der Waals surface area (Å²) < 4.78 is 5.63. The van der Waals surface area contributed by atoms with Crippen molar-refractivity contribution in [3.63, 3.8) is 0 Å². The summed E-state index contributed by atoms with van der Waals surface area (Å²) in [4.78, 5) is 11.1. The Morgan fingerprint density at radius 3 is 2.72 bits per heavy atom. The first kappa shape index (κ1) is 12.4. The highest BCUT2D eigenvalue weighted by Gasteiger charge is 2.14. The standard InChI is InChI=1S/C14H15NO3/c1-9(15)8-10-6-7-13(18-10)11-4-2-3-5-12(11)14(16)17/h2-7,9H,8,15H2,1H3,(H,16,17). The molecule has 4 heteroatoms. The van der Waals surface area contributed by atoms with Crippen molar-refractivity contribution in [3.8, 4) is 11.3 Å². The predicted molar refractivity (Wildman–Crippen MR) is 68.5 cm³/mol. The van der Waals surface area contributed by atoms with Gasteiger partial charge in [0.15, 0.2) is 0 Å². The predicted octanol–water partition coefficient (Wildman–Crippen LogP) is 2.53. The zero-order valence-electron chi connectivity index (χ0n) is 10.1. The molecule has 0 saturated heterocycles. The lowest BCUT2D eigenvalue weighted by molar-refractivity contribution is 0.0697. The fourth-order valence-electron chi connectivity index (χ4n) is 1.83. The van der Waals surface area contributed by atoms with Gasteiger partial charge in [0.2, 0.25) is 0 Å². The summed E-state index contributed by atoms with van der Waals surface area (Å²) in [5.74, 6) is 0.361. The van der Waals surface area contributed by atoms with Crippen molar-refractivity contribution < 1.29 is 14.3 Å². The van der Waals surface area contributed by atoms with Crippen LogP contribution in [0.25, 0.3) is 11.3 Å². The normalized spacial score (nSPS) is 12.3. The van der Waals surface area contributed by atoms with E-state index < -0.39 is 5.97 Å². The number of rotatable bonds is 4.